The Kier molecular flexibility index (Phi) is 4.59. The zero-order valence-electron chi connectivity index (χ0n) is 15.4. The lowest BCUT2D eigenvalue weighted by molar-refractivity contribution is -0.148. The fourth-order valence-corrected chi connectivity index (χ4v) is 4.53. The van der Waals surface area contributed by atoms with Crippen molar-refractivity contribution in [1.29, 1.82) is 0 Å². The number of alkyl halides is 2. The molecule has 1 aromatic rings. The summed E-state index contributed by atoms with van der Waals surface area (Å²) in [5, 5.41) is 0. The molecular formula is C20H23F2N3O3. The maximum absolute atomic E-state index is 13.2. The van der Waals surface area contributed by atoms with E-state index in [0.29, 0.717) is 31.5 Å². The second kappa shape index (κ2) is 6.83. The van der Waals surface area contributed by atoms with Crippen molar-refractivity contribution >= 4 is 17.7 Å². The number of nitrogens with two attached hydrogens (primary N) is 1. The molecule has 2 heterocycles. The number of aryl methyl sites for hydroxylation is 1. The third-order valence-electron chi connectivity index (χ3n) is 6.35. The van der Waals surface area contributed by atoms with Crippen molar-refractivity contribution in [2.75, 3.05) is 13.1 Å². The van der Waals surface area contributed by atoms with Crippen molar-refractivity contribution in [3.63, 3.8) is 0 Å². The maximum Gasteiger partial charge on any atom is 0.252 e. The molecule has 1 aliphatic carbocycles. The number of benzene rings is 1. The Morgan fingerprint density at radius 2 is 1.75 bits per heavy atom. The van der Waals surface area contributed by atoms with E-state index in [1.807, 2.05) is 0 Å². The molecule has 0 radical (unpaired) electrons. The van der Waals surface area contributed by atoms with Crippen LogP contribution >= 0.6 is 0 Å². The molecule has 0 unspecified atom stereocenters. The highest BCUT2D eigenvalue weighted by Crippen LogP contribution is 2.53. The van der Waals surface area contributed by atoms with Crippen LogP contribution in [0.3, 0.4) is 0 Å². The third kappa shape index (κ3) is 3.04. The third-order valence-corrected chi connectivity index (χ3v) is 6.35. The molecule has 2 aliphatic heterocycles. The second-order valence-electron chi connectivity index (χ2n) is 8.03. The van der Waals surface area contributed by atoms with Gasteiger partial charge in [-0.1, -0.05) is 18.2 Å². The van der Waals surface area contributed by atoms with Gasteiger partial charge in [0.05, 0.1) is 12.1 Å². The van der Waals surface area contributed by atoms with Crippen molar-refractivity contribution < 1.29 is 23.2 Å². The number of rotatable bonds is 6. The van der Waals surface area contributed by atoms with E-state index in [9.17, 15) is 23.2 Å². The van der Waals surface area contributed by atoms with Gasteiger partial charge in [-0.3, -0.25) is 14.4 Å². The minimum Gasteiger partial charge on any atom is -0.366 e. The molecular weight excluding hydrogens is 368 g/mol. The molecule has 1 aromatic carbocycles. The van der Waals surface area contributed by atoms with Gasteiger partial charge < -0.3 is 15.5 Å². The van der Waals surface area contributed by atoms with Gasteiger partial charge in [0.2, 0.25) is 17.7 Å². The largest absolute Gasteiger partial charge is 0.366 e. The van der Waals surface area contributed by atoms with E-state index < -0.39 is 23.7 Å². The Bertz CT molecular complexity index is 825. The Labute approximate surface area is 161 Å². The van der Waals surface area contributed by atoms with Gasteiger partial charge in [0.15, 0.2) is 0 Å². The molecule has 2 N–H and O–H groups in total. The van der Waals surface area contributed by atoms with E-state index in [1.54, 1.807) is 34.1 Å². The van der Waals surface area contributed by atoms with Crippen LogP contribution < -0.4 is 5.73 Å². The molecule has 4 rings (SSSR count). The first-order valence-electron chi connectivity index (χ1n) is 9.60. The first kappa shape index (κ1) is 18.8. The van der Waals surface area contributed by atoms with E-state index in [0.717, 1.165) is 5.56 Å². The molecule has 3 fully saturated rings. The zero-order valence-corrected chi connectivity index (χ0v) is 15.4. The normalized spacial score (nSPS) is 24.7. The standard InChI is InChI=1S/C20H23F2N3O3/c21-18(22)20(7-8-20)19(28)25-11-13-9-14(25)10-24(13)16(26)6-5-12-3-1-2-4-15(12)17(23)27/h1-4,13-14,18H,5-11H2,(H2,23,27)/t13-,14-/m0/s1. The van der Waals surface area contributed by atoms with Crippen LogP contribution in [-0.4, -0.2) is 59.1 Å². The summed E-state index contributed by atoms with van der Waals surface area (Å²) in [5.41, 5.74) is 5.05. The Hall–Kier alpha value is -2.51. The van der Waals surface area contributed by atoms with Gasteiger partial charge in [-0.15, -0.1) is 0 Å². The molecule has 3 aliphatic rings. The highest BCUT2D eigenvalue weighted by Gasteiger charge is 2.61. The summed E-state index contributed by atoms with van der Waals surface area (Å²) in [4.78, 5) is 40.0. The Morgan fingerprint density at radius 3 is 2.32 bits per heavy atom. The van der Waals surface area contributed by atoms with Crippen LogP contribution in [0.1, 0.15) is 41.6 Å². The first-order valence-corrected chi connectivity index (χ1v) is 9.60. The summed E-state index contributed by atoms with van der Waals surface area (Å²) in [6.45, 7) is 0.730. The van der Waals surface area contributed by atoms with Gasteiger partial charge in [0.1, 0.15) is 5.41 Å². The predicted octanol–water partition coefficient (Wildman–Crippen LogP) is 1.58. The topological polar surface area (TPSA) is 83.7 Å². The van der Waals surface area contributed by atoms with Crippen molar-refractivity contribution in [2.45, 2.75) is 50.6 Å². The summed E-state index contributed by atoms with van der Waals surface area (Å²) in [6, 6.07) is 6.66. The molecule has 2 atom stereocenters. The number of nitrogens with zero attached hydrogens (tertiary/aromatic N) is 2. The number of hydrogen-bond acceptors (Lipinski definition) is 3. The minimum absolute atomic E-state index is 0.0473. The molecule has 1 saturated carbocycles. The summed E-state index contributed by atoms with van der Waals surface area (Å²) < 4.78 is 26.5. The van der Waals surface area contributed by atoms with Gasteiger partial charge in [0, 0.05) is 25.1 Å². The number of primary amides is 1. The second-order valence-corrected chi connectivity index (χ2v) is 8.03. The average molecular weight is 391 g/mol. The molecule has 28 heavy (non-hydrogen) atoms. The number of amides is 3. The SMILES string of the molecule is NC(=O)c1ccccc1CCC(=O)N1C[C@@H]2C[C@H]1CN2C(=O)C1(C(F)F)CC1. The molecule has 150 valence electrons. The smallest absolute Gasteiger partial charge is 0.252 e. The summed E-state index contributed by atoms with van der Waals surface area (Å²) in [6.07, 6.45) is -0.833. The molecule has 2 saturated heterocycles. The number of halogens is 2. The van der Waals surface area contributed by atoms with Crippen molar-refractivity contribution in [1.82, 2.24) is 9.80 Å². The number of carbonyl (C=O) groups excluding carboxylic acids is 3. The van der Waals surface area contributed by atoms with Crippen LogP contribution in [0.15, 0.2) is 24.3 Å². The van der Waals surface area contributed by atoms with Gasteiger partial charge >= 0.3 is 0 Å². The molecule has 8 heteroatoms. The maximum atomic E-state index is 13.2. The van der Waals surface area contributed by atoms with Gasteiger partial charge in [-0.25, -0.2) is 8.78 Å². The fraction of sp³-hybridized carbons (Fsp3) is 0.550. The van der Waals surface area contributed by atoms with Crippen molar-refractivity contribution in [3.8, 4) is 0 Å². The van der Waals surface area contributed by atoms with Crippen molar-refractivity contribution in [2.24, 2.45) is 11.1 Å². The minimum atomic E-state index is -2.62. The van der Waals surface area contributed by atoms with Gasteiger partial charge in [-0.05, 0) is 37.3 Å². The van der Waals surface area contributed by atoms with E-state index in [-0.39, 0.29) is 37.3 Å². The summed E-state index contributed by atoms with van der Waals surface area (Å²) in [5.74, 6) is -1.02. The number of piperazine rings is 1. The van der Waals surface area contributed by atoms with Gasteiger partial charge in [-0.2, -0.15) is 0 Å². The Balaban J connectivity index is 1.35. The number of hydrogen-bond donors (Lipinski definition) is 1. The molecule has 2 bridgehead atoms. The van der Waals surface area contributed by atoms with E-state index in [2.05, 4.69) is 0 Å². The van der Waals surface area contributed by atoms with Gasteiger partial charge in [0.25, 0.3) is 6.43 Å². The van der Waals surface area contributed by atoms with Crippen LogP contribution in [-0.2, 0) is 16.0 Å². The summed E-state index contributed by atoms with van der Waals surface area (Å²) >= 11 is 0. The lowest BCUT2D eigenvalue weighted by atomic mass is 10.0. The van der Waals surface area contributed by atoms with E-state index in [1.165, 1.54) is 0 Å². The van der Waals surface area contributed by atoms with Crippen LogP contribution in [0, 0.1) is 5.41 Å². The van der Waals surface area contributed by atoms with Crippen LogP contribution in [0.5, 0.6) is 0 Å². The molecule has 3 amide bonds. The molecule has 0 spiro atoms. The fourth-order valence-electron chi connectivity index (χ4n) is 4.53. The lowest BCUT2D eigenvalue weighted by Crippen LogP contribution is -2.53. The highest BCUT2D eigenvalue weighted by molar-refractivity contribution is 5.94. The number of fused-ring (bicyclic) bond motifs is 2. The number of carbonyl (C=O) groups is 3. The van der Waals surface area contributed by atoms with Crippen LogP contribution in [0.25, 0.3) is 0 Å². The van der Waals surface area contributed by atoms with E-state index in [4.69, 9.17) is 5.73 Å². The van der Waals surface area contributed by atoms with Crippen LogP contribution in [0.2, 0.25) is 0 Å². The zero-order chi connectivity index (χ0) is 20.1. The lowest BCUT2D eigenvalue weighted by Gasteiger charge is -2.36. The van der Waals surface area contributed by atoms with Crippen LogP contribution in [0.4, 0.5) is 8.78 Å². The Morgan fingerprint density at radius 1 is 1.11 bits per heavy atom. The molecule has 0 aromatic heterocycles. The number of likely N-dealkylation sites (tertiary alicyclic amines) is 2. The molecule has 6 nitrogen and oxygen atoms in total. The average Bonchev–Trinajstić information content (AvgIpc) is 3.26. The summed E-state index contributed by atoms with van der Waals surface area (Å²) in [7, 11) is 0. The highest BCUT2D eigenvalue weighted by atomic mass is 19.3. The predicted molar refractivity (Wildman–Crippen MR) is 96.6 cm³/mol. The van der Waals surface area contributed by atoms with E-state index >= 15 is 0 Å². The monoisotopic (exact) mass is 391 g/mol. The first-order chi connectivity index (χ1) is 13.3. The van der Waals surface area contributed by atoms with Crippen molar-refractivity contribution in [3.05, 3.63) is 35.4 Å². The quantitative estimate of drug-likeness (QED) is 0.799.